The highest BCUT2D eigenvalue weighted by atomic mass is 16.4. The molecule has 4 heteroatoms. The lowest BCUT2D eigenvalue weighted by Gasteiger charge is -2.44. The number of furan rings is 1. The third kappa shape index (κ3) is 5.01. The largest absolute Gasteiger partial charge is 0.440 e. The van der Waals surface area contributed by atoms with Crippen LogP contribution in [0.15, 0.2) is 108 Å². The number of hydrogen-bond acceptors (Lipinski definition) is 3. The second kappa shape index (κ2) is 11.3. The summed E-state index contributed by atoms with van der Waals surface area (Å²) in [7, 11) is 0. The van der Waals surface area contributed by atoms with Crippen molar-refractivity contribution >= 4 is 57.4 Å². The number of benzene rings is 5. The summed E-state index contributed by atoms with van der Waals surface area (Å²) in [6.07, 6.45) is 0. The Balaban J connectivity index is 1.39. The number of anilines is 6. The van der Waals surface area contributed by atoms with Gasteiger partial charge in [0.05, 0.1) is 0 Å². The van der Waals surface area contributed by atoms with Crippen molar-refractivity contribution in [3.63, 3.8) is 0 Å². The van der Waals surface area contributed by atoms with Crippen LogP contribution in [0.5, 0.6) is 0 Å². The highest BCUT2D eigenvalue weighted by Crippen LogP contribution is 2.54. The minimum Gasteiger partial charge on any atom is -0.440 e. The Morgan fingerprint density at radius 2 is 1.07 bits per heavy atom. The maximum absolute atomic E-state index is 7.35. The van der Waals surface area contributed by atoms with E-state index in [0.717, 1.165) is 17.3 Å². The van der Waals surface area contributed by atoms with E-state index in [4.69, 9.17) is 4.42 Å². The normalized spacial score (nSPS) is 15.4. The van der Waals surface area contributed by atoms with Gasteiger partial charge in [-0.3, -0.25) is 4.90 Å². The molecule has 3 nitrogen and oxygen atoms in total. The maximum atomic E-state index is 7.35. The van der Waals surface area contributed by atoms with E-state index in [1.54, 1.807) is 0 Å². The van der Waals surface area contributed by atoms with Gasteiger partial charge < -0.3 is 9.32 Å². The standard InChI is InChI=1S/C50H53BN2O/c1-30-27-40-43-41(28-30)53(35-24-19-32(20-25-35)48(5,6)7)46-44(42-45(54-46)36-15-13-14-16-37(36)50(42,11)12)51(43)38-29-33(49(8,9)10)21-26-39(38)52(40)34-22-17-31(18-23-34)47(2,3)4/h13-29H,1-12H3. The monoisotopic (exact) mass is 708 g/mol. The Morgan fingerprint density at radius 1 is 0.556 bits per heavy atom. The third-order valence-electron chi connectivity index (χ3n) is 12.4. The van der Waals surface area contributed by atoms with Gasteiger partial charge in [0.1, 0.15) is 5.76 Å². The van der Waals surface area contributed by atoms with E-state index >= 15 is 0 Å². The number of fused-ring (bicyclic) bond motifs is 8. The zero-order chi connectivity index (χ0) is 38.3. The molecule has 0 spiro atoms. The van der Waals surface area contributed by atoms with Crippen LogP contribution in [-0.2, 0) is 21.7 Å². The van der Waals surface area contributed by atoms with Gasteiger partial charge in [0.25, 0.3) is 6.71 Å². The Bertz CT molecular complexity index is 2480. The van der Waals surface area contributed by atoms with Crippen molar-refractivity contribution in [3.05, 3.63) is 137 Å². The predicted molar refractivity (Wildman–Crippen MR) is 231 cm³/mol. The fraction of sp³-hybridized carbons (Fsp3) is 0.320. The van der Waals surface area contributed by atoms with Crippen molar-refractivity contribution in [1.82, 2.24) is 0 Å². The molecule has 3 heterocycles. The predicted octanol–water partition coefficient (Wildman–Crippen LogP) is 11.9. The topological polar surface area (TPSA) is 19.6 Å². The van der Waals surface area contributed by atoms with Crippen molar-refractivity contribution in [2.45, 2.75) is 105 Å². The summed E-state index contributed by atoms with van der Waals surface area (Å²) in [5.41, 5.74) is 18.8. The summed E-state index contributed by atoms with van der Waals surface area (Å²) in [4.78, 5) is 4.96. The van der Waals surface area contributed by atoms with E-state index in [2.05, 4.69) is 196 Å². The Hall–Kier alpha value is -4.96. The molecule has 5 aromatic carbocycles. The smallest absolute Gasteiger partial charge is 0.256 e. The Kier molecular flexibility index (Phi) is 7.27. The molecular weight excluding hydrogens is 655 g/mol. The summed E-state index contributed by atoms with van der Waals surface area (Å²) in [5.74, 6) is 1.95. The molecule has 0 radical (unpaired) electrons. The molecule has 1 aliphatic carbocycles. The van der Waals surface area contributed by atoms with Crippen molar-refractivity contribution in [1.29, 1.82) is 0 Å². The van der Waals surface area contributed by atoms with Crippen molar-refractivity contribution in [2.75, 3.05) is 9.80 Å². The molecule has 0 fully saturated rings. The van der Waals surface area contributed by atoms with Crippen molar-refractivity contribution in [2.24, 2.45) is 0 Å². The van der Waals surface area contributed by atoms with Gasteiger partial charge in [-0.05, 0) is 110 Å². The van der Waals surface area contributed by atoms with Crippen LogP contribution in [0, 0.1) is 6.92 Å². The van der Waals surface area contributed by atoms with Gasteiger partial charge in [-0.15, -0.1) is 0 Å². The average Bonchev–Trinajstić information content (AvgIpc) is 3.60. The van der Waals surface area contributed by atoms with Crippen LogP contribution in [0.3, 0.4) is 0 Å². The molecule has 2 aliphatic heterocycles. The van der Waals surface area contributed by atoms with Crippen LogP contribution in [-0.4, -0.2) is 6.71 Å². The SMILES string of the molecule is Cc1cc2c3c(c1)N(c1ccc(C(C)(C)C)cc1)c1oc4c(c1B3c1cc(C(C)(C)C)ccc1N2c1ccc(C(C)(C)C)cc1)C(C)(C)c1ccccc1-4. The molecule has 9 rings (SSSR count). The van der Waals surface area contributed by atoms with E-state index in [9.17, 15) is 0 Å². The summed E-state index contributed by atoms with van der Waals surface area (Å²) in [6, 6.07) is 39.4. The van der Waals surface area contributed by atoms with Crippen LogP contribution in [0.1, 0.15) is 110 Å². The fourth-order valence-corrected chi connectivity index (χ4v) is 9.37. The number of aryl methyl sites for hydroxylation is 1. The zero-order valence-corrected chi connectivity index (χ0v) is 34.2. The molecule has 3 aliphatic rings. The highest BCUT2D eigenvalue weighted by molar-refractivity contribution is 7.00. The molecule has 1 aromatic heterocycles. The third-order valence-corrected chi connectivity index (χ3v) is 12.4. The van der Waals surface area contributed by atoms with Gasteiger partial charge in [-0.25, -0.2) is 0 Å². The molecule has 0 bridgehead atoms. The van der Waals surface area contributed by atoms with E-state index < -0.39 is 0 Å². The molecule has 0 N–H and O–H groups in total. The van der Waals surface area contributed by atoms with E-state index in [-0.39, 0.29) is 28.4 Å². The first kappa shape index (κ1) is 34.8. The minimum absolute atomic E-state index is 0.0146. The molecule has 54 heavy (non-hydrogen) atoms. The van der Waals surface area contributed by atoms with Gasteiger partial charge in [0.2, 0.25) is 5.88 Å². The maximum Gasteiger partial charge on any atom is 0.256 e. The van der Waals surface area contributed by atoms with Crippen LogP contribution in [0.25, 0.3) is 11.3 Å². The summed E-state index contributed by atoms with van der Waals surface area (Å²) < 4.78 is 7.35. The second-order valence-electron chi connectivity index (χ2n) is 19.6. The van der Waals surface area contributed by atoms with Gasteiger partial charge in [-0.2, -0.15) is 0 Å². The first-order chi connectivity index (χ1) is 25.4. The van der Waals surface area contributed by atoms with Gasteiger partial charge >= 0.3 is 0 Å². The summed E-state index contributed by atoms with van der Waals surface area (Å²) >= 11 is 0. The summed E-state index contributed by atoms with van der Waals surface area (Å²) in [6.45, 7) is 27.7. The molecule has 0 saturated carbocycles. The lowest BCUT2D eigenvalue weighted by molar-refractivity contribution is 0.584. The van der Waals surface area contributed by atoms with Gasteiger partial charge in [-0.1, -0.05) is 137 Å². The first-order valence-corrected chi connectivity index (χ1v) is 19.7. The lowest BCUT2D eigenvalue weighted by Crippen LogP contribution is -2.62. The molecular formula is C50H53BN2O. The van der Waals surface area contributed by atoms with E-state index in [1.165, 1.54) is 78.1 Å². The molecule has 0 saturated heterocycles. The minimum atomic E-state index is -0.241. The molecule has 272 valence electrons. The molecule has 0 unspecified atom stereocenters. The number of nitrogens with zero attached hydrogens (tertiary/aromatic N) is 2. The van der Waals surface area contributed by atoms with Gasteiger partial charge in [0.15, 0.2) is 0 Å². The Morgan fingerprint density at radius 3 is 1.65 bits per heavy atom. The number of rotatable bonds is 2. The van der Waals surface area contributed by atoms with Crippen LogP contribution >= 0.6 is 0 Å². The van der Waals surface area contributed by atoms with Crippen LogP contribution in [0.2, 0.25) is 0 Å². The first-order valence-electron chi connectivity index (χ1n) is 19.7. The van der Waals surface area contributed by atoms with Crippen molar-refractivity contribution in [3.8, 4) is 11.3 Å². The number of hydrogen-bond donors (Lipinski definition) is 0. The quantitative estimate of drug-likeness (QED) is 0.167. The molecule has 0 amide bonds. The lowest BCUT2D eigenvalue weighted by atomic mass is 9.32. The van der Waals surface area contributed by atoms with Crippen LogP contribution in [0.4, 0.5) is 34.3 Å². The summed E-state index contributed by atoms with van der Waals surface area (Å²) in [5, 5.41) is 0. The Labute approximate surface area is 323 Å². The molecule has 0 atom stereocenters. The zero-order valence-electron chi connectivity index (χ0n) is 34.2. The van der Waals surface area contributed by atoms with Crippen molar-refractivity contribution < 1.29 is 4.42 Å². The van der Waals surface area contributed by atoms with Crippen LogP contribution < -0.4 is 26.2 Å². The second-order valence-corrected chi connectivity index (χ2v) is 19.6. The molecule has 6 aromatic rings. The highest BCUT2D eigenvalue weighted by Gasteiger charge is 2.52. The average molecular weight is 709 g/mol. The van der Waals surface area contributed by atoms with E-state index in [0.29, 0.717) is 0 Å². The van der Waals surface area contributed by atoms with E-state index in [1.807, 2.05) is 0 Å². The fourth-order valence-electron chi connectivity index (χ4n) is 9.37. The van der Waals surface area contributed by atoms with Gasteiger partial charge in [0, 0.05) is 45.0 Å².